The van der Waals surface area contributed by atoms with E-state index in [-0.39, 0.29) is 0 Å². The van der Waals surface area contributed by atoms with Gasteiger partial charge in [-0.25, -0.2) is 0 Å². The van der Waals surface area contributed by atoms with Crippen molar-refractivity contribution in [2.24, 2.45) is 0 Å². The highest BCUT2D eigenvalue weighted by Crippen LogP contribution is 2.20. The summed E-state index contributed by atoms with van der Waals surface area (Å²) in [7, 11) is 0. The average Bonchev–Trinajstić information content (AvgIpc) is 2.92. The normalized spacial score (nSPS) is 10.8. The molecule has 3 nitrogen and oxygen atoms in total. The van der Waals surface area contributed by atoms with Gasteiger partial charge in [-0.3, -0.25) is 0 Å². The van der Waals surface area contributed by atoms with Crippen LogP contribution >= 0.6 is 15.9 Å². The van der Waals surface area contributed by atoms with Gasteiger partial charge >= 0.3 is 0 Å². The molecule has 0 saturated heterocycles. The zero-order valence-corrected chi connectivity index (χ0v) is 12.6. The third-order valence-corrected chi connectivity index (χ3v) is 3.52. The van der Waals surface area contributed by atoms with Gasteiger partial charge in [-0.15, -0.1) is 0 Å². The average molecular weight is 324 g/mol. The minimum absolute atomic E-state index is 0.499. The number of halogens is 1. The molecule has 0 saturated carbocycles. The van der Waals surface area contributed by atoms with Crippen LogP contribution in [0.1, 0.15) is 23.8 Å². The Morgan fingerprint density at radius 2 is 2.16 bits per heavy atom. The minimum atomic E-state index is 0.499. The number of hydrogen-bond acceptors (Lipinski definition) is 3. The van der Waals surface area contributed by atoms with Gasteiger partial charge in [0.2, 0.25) is 0 Å². The first kappa shape index (κ1) is 14.3. The molecule has 0 aliphatic rings. The number of benzene rings is 1. The molecule has 0 atom stereocenters. The molecule has 0 aliphatic carbocycles. The Bertz CT molecular complexity index is 497. The van der Waals surface area contributed by atoms with E-state index in [0.717, 1.165) is 28.9 Å². The van der Waals surface area contributed by atoms with Gasteiger partial charge in [-0.05, 0) is 35.9 Å². The molecular weight excluding hydrogens is 306 g/mol. The quantitative estimate of drug-likeness (QED) is 0.840. The fourth-order valence-corrected chi connectivity index (χ4v) is 2.28. The first-order valence-electron chi connectivity index (χ1n) is 6.37. The lowest BCUT2D eigenvalue weighted by Gasteiger charge is -2.08. The molecule has 0 spiro atoms. The summed E-state index contributed by atoms with van der Waals surface area (Å²) in [6, 6.07) is 10.1. The van der Waals surface area contributed by atoms with E-state index in [0.29, 0.717) is 13.2 Å². The summed E-state index contributed by atoms with van der Waals surface area (Å²) in [6.07, 6.45) is 1.66. The summed E-state index contributed by atoms with van der Waals surface area (Å²) in [5.41, 5.74) is 2.41. The Morgan fingerprint density at radius 1 is 1.26 bits per heavy atom. The summed E-state index contributed by atoms with van der Waals surface area (Å²) in [6.45, 7) is 5.04. The fourth-order valence-electron chi connectivity index (χ4n) is 1.74. The van der Waals surface area contributed by atoms with Crippen LogP contribution in [0.5, 0.6) is 0 Å². The van der Waals surface area contributed by atoms with Crippen molar-refractivity contribution < 1.29 is 9.15 Å². The monoisotopic (exact) mass is 323 g/mol. The van der Waals surface area contributed by atoms with Crippen LogP contribution in [-0.2, 0) is 24.5 Å². The largest absolute Gasteiger partial charge is 0.467 e. The molecule has 102 valence electrons. The van der Waals surface area contributed by atoms with Gasteiger partial charge in [0.05, 0.1) is 12.9 Å². The van der Waals surface area contributed by atoms with Crippen molar-refractivity contribution >= 4 is 15.9 Å². The first-order valence-corrected chi connectivity index (χ1v) is 7.17. The van der Waals surface area contributed by atoms with Crippen LogP contribution in [0.3, 0.4) is 0 Å². The highest BCUT2D eigenvalue weighted by Gasteiger charge is 2.03. The zero-order valence-electron chi connectivity index (χ0n) is 11.0. The Balaban J connectivity index is 1.86. The fraction of sp³-hybridized carbons (Fsp3) is 0.333. The van der Waals surface area contributed by atoms with Crippen molar-refractivity contribution in [3.05, 3.63) is 58.0 Å². The van der Waals surface area contributed by atoms with Gasteiger partial charge < -0.3 is 14.5 Å². The lowest BCUT2D eigenvalue weighted by atomic mass is 10.1. The maximum absolute atomic E-state index is 5.63. The number of rotatable bonds is 7. The third kappa shape index (κ3) is 4.49. The number of nitrogens with one attached hydrogen (secondary N) is 1. The number of furan rings is 1. The first-order chi connectivity index (χ1) is 9.29. The molecule has 1 heterocycles. The van der Waals surface area contributed by atoms with Crippen LogP contribution in [0.4, 0.5) is 0 Å². The molecule has 2 aromatic rings. The Morgan fingerprint density at radius 3 is 2.84 bits per heavy atom. The lowest BCUT2D eigenvalue weighted by molar-refractivity contribution is 0.0925. The second-order valence-corrected chi connectivity index (χ2v) is 5.13. The van der Waals surface area contributed by atoms with Crippen molar-refractivity contribution in [3.63, 3.8) is 0 Å². The smallest absolute Gasteiger partial charge is 0.129 e. The molecule has 1 N–H and O–H groups in total. The van der Waals surface area contributed by atoms with Gasteiger partial charge in [0.1, 0.15) is 12.4 Å². The van der Waals surface area contributed by atoms with E-state index >= 15 is 0 Å². The molecule has 0 bridgehead atoms. The highest BCUT2D eigenvalue weighted by atomic mass is 79.9. The van der Waals surface area contributed by atoms with Crippen LogP contribution in [0.25, 0.3) is 0 Å². The molecule has 0 aliphatic heterocycles. The molecule has 0 fully saturated rings. The van der Waals surface area contributed by atoms with E-state index < -0.39 is 0 Å². The van der Waals surface area contributed by atoms with E-state index in [1.807, 2.05) is 12.1 Å². The van der Waals surface area contributed by atoms with Crippen LogP contribution in [0.2, 0.25) is 0 Å². The SMILES string of the molecule is CCNCc1ccc(COCc2ccco2)c(Br)c1. The van der Waals surface area contributed by atoms with Crippen molar-refractivity contribution in [3.8, 4) is 0 Å². The van der Waals surface area contributed by atoms with E-state index in [9.17, 15) is 0 Å². The van der Waals surface area contributed by atoms with E-state index in [1.165, 1.54) is 5.56 Å². The molecule has 0 radical (unpaired) electrons. The van der Waals surface area contributed by atoms with Crippen molar-refractivity contribution in [1.82, 2.24) is 5.32 Å². The topological polar surface area (TPSA) is 34.4 Å². The third-order valence-electron chi connectivity index (χ3n) is 2.78. The second kappa shape index (κ2) is 7.48. The highest BCUT2D eigenvalue weighted by molar-refractivity contribution is 9.10. The van der Waals surface area contributed by atoms with Crippen molar-refractivity contribution in [2.75, 3.05) is 6.54 Å². The Labute approximate surface area is 122 Å². The van der Waals surface area contributed by atoms with Gasteiger partial charge in [0.25, 0.3) is 0 Å². The van der Waals surface area contributed by atoms with Crippen molar-refractivity contribution in [1.29, 1.82) is 0 Å². The van der Waals surface area contributed by atoms with Gasteiger partial charge in [0, 0.05) is 11.0 Å². The van der Waals surface area contributed by atoms with Crippen LogP contribution in [0, 0.1) is 0 Å². The maximum atomic E-state index is 5.63. The molecule has 19 heavy (non-hydrogen) atoms. The second-order valence-electron chi connectivity index (χ2n) is 4.28. The summed E-state index contributed by atoms with van der Waals surface area (Å²) in [5.74, 6) is 0.847. The van der Waals surface area contributed by atoms with E-state index in [1.54, 1.807) is 6.26 Å². The van der Waals surface area contributed by atoms with Gasteiger partial charge in [-0.1, -0.05) is 35.0 Å². The molecule has 0 unspecified atom stereocenters. The Hall–Kier alpha value is -1.10. The standard InChI is InChI=1S/C15H18BrNO2/c1-2-17-9-12-5-6-13(15(16)8-12)10-18-11-14-4-3-7-19-14/h3-8,17H,2,9-11H2,1H3. The zero-order chi connectivity index (χ0) is 13.5. The van der Waals surface area contributed by atoms with Gasteiger partial charge in [0.15, 0.2) is 0 Å². The minimum Gasteiger partial charge on any atom is -0.467 e. The molecule has 0 amide bonds. The molecule has 4 heteroatoms. The van der Waals surface area contributed by atoms with E-state index in [2.05, 4.69) is 46.4 Å². The Kier molecular flexibility index (Phi) is 5.63. The van der Waals surface area contributed by atoms with Crippen LogP contribution in [-0.4, -0.2) is 6.54 Å². The number of ether oxygens (including phenoxy) is 1. The maximum Gasteiger partial charge on any atom is 0.129 e. The predicted molar refractivity (Wildman–Crippen MR) is 78.7 cm³/mol. The molecule has 2 rings (SSSR count). The molecule has 1 aromatic carbocycles. The summed E-state index contributed by atoms with van der Waals surface area (Å²) in [5, 5.41) is 3.31. The summed E-state index contributed by atoms with van der Waals surface area (Å²) in [4.78, 5) is 0. The summed E-state index contributed by atoms with van der Waals surface area (Å²) >= 11 is 3.59. The van der Waals surface area contributed by atoms with Gasteiger partial charge in [-0.2, -0.15) is 0 Å². The predicted octanol–water partition coefficient (Wildman–Crippen LogP) is 3.87. The summed E-state index contributed by atoms with van der Waals surface area (Å²) < 4.78 is 11.9. The molecular formula is C15H18BrNO2. The van der Waals surface area contributed by atoms with Crippen LogP contribution in [0.15, 0.2) is 45.5 Å². The van der Waals surface area contributed by atoms with Crippen molar-refractivity contribution in [2.45, 2.75) is 26.7 Å². The van der Waals surface area contributed by atoms with E-state index in [4.69, 9.17) is 9.15 Å². The molecule has 1 aromatic heterocycles. The lowest BCUT2D eigenvalue weighted by Crippen LogP contribution is -2.11. The van der Waals surface area contributed by atoms with Crippen LogP contribution < -0.4 is 5.32 Å². The number of hydrogen-bond donors (Lipinski definition) is 1.